The number of benzene rings is 1. The maximum Gasteiger partial charge on any atom is 0.346 e. The van der Waals surface area contributed by atoms with Gasteiger partial charge in [-0.3, -0.25) is 0 Å². The molecule has 134 valence electrons. The van der Waals surface area contributed by atoms with Crippen molar-refractivity contribution in [3.63, 3.8) is 0 Å². The minimum atomic E-state index is -0.906. The Labute approximate surface area is 155 Å². The number of anilines is 1. The number of aromatic nitrogens is 2. The molecular weight excluding hydrogens is 348 g/mol. The van der Waals surface area contributed by atoms with Gasteiger partial charge in [0.25, 0.3) is 0 Å². The van der Waals surface area contributed by atoms with Gasteiger partial charge in [0, 0.05) is 31.7 Å². The number of aryl methyl sites for hydroxylation is 1. The lowest BCUT2D eigenvalue weighted by Gasteiger charge is -2.33. The average molecular weight is 368 g/mol. The number of hydrogen-bond donors (Lipinski definition) is 1. The molecule has 3 heterocycles. The van der Waals surface area contributed by atoms with Gasteiger partial charge in [-0.2, -0.15) is 0 Å². The molecule has 0 atom stereocenters. The highest BCUT2D eigenvalue weighted by molar-refractivity contribution is 7.20. The Morgan fingerprint density at radius 3 is 2.46 bits per heavy atom. The molecule has 0 saturated carbocycles. The van der Waals surface area contributed by atoms with Gasteiger partial charge in [0.05, 0.1) is 5.39 Å². The van der Waals surface area contributed by atoms with E-state index >= 15 is 0 Å². The fraction of sp³-hybridized carbons (Fsp3) is 0.316. The second kappa shape index (κ2) is 6.66. The number of carboxylic acid groups (broad SMARTS) is 1. The van der Waals surface area contributed by atoms with Gasteiger partial charge >= 0.3 is 5.97 Å². The standard InChI is InChI=1S/C19H20N4O2S/c1-12-14-17(23-10-8-22(2)9-11-23)20-16(13-6-4-3-5-7-13)21-18(14)26-15(12)19(24)25/h3-7H,8-11H2,1-2H3,(H,24,25). The lowest BCUT2D eigenvalue weighted by atomic mass is 10.1. The molecular formula is C19H20N4O2S. The first-order valence-corrected chi connectivity index (χ1v) is 9.39. The van der Waals surface area contributed by atoms with Crippen molar-refractivity contribution in [1.82, 2.24) is 14.9 Å². The monoisotopic (exact) mass is 368 g/mol. The SMILES string of the molecule is Cc1c(C(=O)O)sc2nc(-c3ccccc3)nc(N3CCN(C)CC3)c12. The van der Waals surface area contributed by atoms with Crippen molar-refractivity contribution in [3.8, 4) is 11.4 Å². The third-order valence-corrected chi connectivity index (χ3v) is 5.97. The van der Waals surface area contributed by atoms with Crippen molar-refractivity contribution < 1.29 is 9.90 Å². The summed E-state index contributed by atoms with van der Waals surface area (Å²) in [5.41, 5.74) is 1.69. The smallest absolute Gasteiger partial charge is 0.346 e. The topological polar surface area (TPSA) is 69.6 Å². The number of hydrogen-bond acceptors (Lipinski definition) is 6. The molecule has 0 radical (unpaired) electrons. The van der Waals surface area contributed by atoms with Crippen LogP contribution in [-0.4, -0.2) is 59.2 Å². The highest BCUT2D eigenvalue weighted by Gasteiger charge is 2.25. The highest BCUT2D eigenvalue weighted by atomic mass is 32.1. The molecule has 1 aliphatic rings. The van der Waals surface area contributed by atoms with Crippen LogP contribution in [0, 0.1) is 6.92 Å². The van der Waals surface area contributed by atoms with Gasteiger partial charge in [-0.1, -0.05) is 30.3 Å². The number of aromatic carboxylic acids is 1. The summed E-state index contributed by atoms with van der Waals surface area (Å²) >= 11 is 1.23. The minimum absolute atomic E-state index is 0.342. The van der Waals surface area contributed by atoms with Gasteiger partial charge in [-0.15, -0.1) is 11.3 Å². The molecule has 0 bridgehead atoms. The average Bonchev–Trinajstić information content (AvgIpc) is 2.99. The number of nitrogens with zero attached hydrogens (tertiary/aromatic N) is 4. The van der Waals surface area contributed by atoms with E-state index in [1.165, 1.54) is 11.3 Å². The molecule has 0 aliphatic carbocycles. The predicted molar refractivity (Wildman–Crippen MR) is 104 cm³/mol. The Kier molecular flexibility index (Phi) is 4.34. The number of piperazine rings is 1. The second-order valence-electron chi connectivity index (χ2n) is 6.57. The van der Waals surface area contributed by atoms with E-state index in [0.717, 1.165) is 53.3 Å². The first kappa shape index (κ1) is 16.9. The van der Waals surface area contributed by atoms with Gasteiger partial charge < -0.3 is 14.9 Å². The molecule has 0 spiro atoms. The largest absolute Gasteiger partial charge is 0.477 e. The summed E-state index contributed by atoms with van der Waals surface area (Å²) in [6.07, 6.45) is 0. The normalized spacial score (nSPS) is 15.5. The predicted octanol–water partition coefficient (Wildman–Crippen LogP) is 3.12. The second-order valence-corrected chi connectivity index (χ2v) is 7.57. The van der Waals surface area contributed by atoms with Crippen LogP contribution in [0.4, 0.5) is 5.82 Å². The van der Waals surface area contributed by atoms with Crippen LogP contribution in [0.25, 0.3) is 21.6 Å². The Bertz CT molecular complexity index is 963. The van der Waals surface area contributed by atoms with Gasteiger partial charge in [0.15, 0.2) is 5.82 Å². The van der Waals surface area contributed by atoms with Crippen LogP contribution in [0.3, 0.4) is 0 Å². The summed E-state index contributed by atoms with van der Waals surface area (Å²) < 4.78 is 0. The van der Waals surface area contributed by atoms with E-state index in [1.54, 1.807) is 0 Å². The number of likely N-dealkylation sites (N-methyl/N-ethyl adjacent to an activating group) is 1. The van der Waals surface area contributed by atoms with Gasteiger partial charge in [0.2, 0.25) is 0 Å². The molecule has 7 heteroatoms. The summed E-state index contributed by atoms with van der Waals surface area (Å²) in [7, 11) is 2.11. The van der Waals surface area contributed by atoms with Crippen LogP contribution in [-0.2, 0) is 0 Å². The van der Waals surface area contributed by atoms with Gasteiger partial charge in [0.1, 0.15) is 15.5 Å². The fourth-order valence-corrected chi connectivity index (χ4v) is 4.30. The zero-order chi connectivity index (χ0) is 18.3. The maximum absolute atomic E-state index is 11.6. The minimum Gasteiger partial charge on any atom is -0.477 e. The summed E-state index contributed by atoms with van der Waals surface area (Å²) in [6.45, 7) is 5.51. The van der Waals surface area contributed by atoms with Crippen LogP contribution >= 0.6 is 11.3 Å². The lowest BCUT2D eigenvalue weighted by Crippen LogP contribution is -2.45. The van der Waals surface area contributed by atoms with Crippen molar-refractivity contribution in [3.05, 3.63) is 40.8 Å². The Morgan fingerprint density at radius 1 is 1.12 bits per heavy atom. The molecule has 1 N–H and O–H groups in total. The first-order valence-electron chi connectivity index (χ1n) is 8.58. The zero-order valence-electron chi connectivity index (χ0n) is 14.8. The number of rotatable bonds is 3. The van der Waals surface area contributed by atoms with Crippen molar-refractivity contribution in [2.45, 2.75) is 6.92 Å². The third kappa shape index (κ3) is 2.93. The quantitative estimate of drug-likeness (QED) is 0.766. The Balaban J connectivity index is 1.92. The van der Waals surface area contributed by atoms with E-state index < -0.39 is 5.97 Å². The molecule has 3 aromatic rings. The van der Waals surface area contributed by atoms with Crippen LogP contribution < -0.4 is 4.90 Å². The van der Waals surface area contributed by atoms with E-state index in [4.69, 9.17) is 4.98 Å². The zero-order valence-corrected chi connectivity index (χ0v) is 15.6. The number of carboxylic acids is 1. The number of carbonyl (C=O) groups is 1. The van der Waals surface area contributed by atoms with Crippen LogP contribution in [0.15, 0.2) is 30.3 Å². The molecule has 1 aromatic carbocycles. The fourth-order valence-electron chi connectivity index (χ4n) is 3.29. The van der Waals surface area contributed by atoms with Crippen molar-refractivity contribution >= 4 is 33.3 Å². The summed E-state index contributed by atoms with van der Waals surface area (Å²) in [5, 5.41) is 10.4. The highest BCUT2D eigenvalue weighted by Crippen LogP contribution is 2.37. The number of fused-ring (bicyclic) bond motifs is 1. The van der Waals surface area contributed by atoms with Crippen LogP contribution in [0.2, 0.25) is 0 Å². The van der Waals surface area contributed by atoms with E-state index in [-0.39, 0.29) is 0 Å². The third-order valence-electron chi connectivity index (χ3n) is 4.80. The van der Waals surface area contributed by atoms with Crippen molar-refractivity contribution in [1.29, 1.82) is 0 Å². The summed E-state index contributed by atoms with van der Waals surface area (Å²) in [6, 6.07) is 9.84. The molecule has 1 saturated heterocycles. The lowest BCUT2D eigenvalue weighted by molar-refractivity contribution is 0.0701. The molecule has 4 rings (SSSR count). The molecule has 6 nitrogen and oxygen atoms in total. The van der Waals surface area contributed by atoms with Crippen molar-refractivity contribution in [2.75, 3.05) is 38.1 Å². The molecule has 26 heavy (non-hydrogen) atoms. The Hall–Kier alpha value is -2.51. The molecule has 1 fully saturated rings. The molecule has 0 unspecified atom stereocenters. The van der Waals surface area contributed by atoms with Crippen LogP contribution in [0.5, 0.6) is 0 Å². The molecule has 1 aliphatic heterocycles. The summed E-state index contributed by atoms with van der Waals surface area (Å²) in [4.78, 5) is 26.8. The summed E-state index contributed by atoms with van der Waals surface area (Å²) in [5.74, 6) is 0.588. The Morgan fingerprint density at radius 2 is 1.81 bits per heavy atom. The first-order chi connectivity index (χ1) is 12.5. The maximum atomic E-state index is 11.6. The van der Waals surface area contributed by atoms with Crippen molar-refractivity contribution in [2.24, 2.45) is 0 Å². The molecule has 2 aromatic heterocycles. The van der Waals surface area contributed by atoms with E-state index in [2.05, 4.69) is 21.8 Å². The number of thiophene rings is 1. The van der Waals surface area contributed by atoms with E-state index in [9.17, 15) is 9.90 Å². The van der Waals surface area contributed by atoms with E-state index in [0.29, 0.717) is 10.7 Å². The van der Waals surface area contributed by atoms with Crippen LogP contribution in [0.1, 0.15) is 15.2 Å². The molecule has 0 amide bonds. The van der Waals surface area contributed by atoms with Gasteiger partial charge in [-0.05, 0) is 19.5 Å². The van der Waals surface area contributed by atoms with E-state index in [1.807, 2.05) is 37.3 Å². The van der Waals surface area contributed by atoms with Gasteiger partial charge in [-0.25, -0.2) is 14.8 Å².